The minimum absolute atomic E-state index is 0.0394. The number of aromatic amines is 1. The number of aromatic nitrogens is 5. The van der Waals surface area contributed by atoms with E-state index >= 15 is 0 Å². The Kier molecular flexibility index (Phi) is 5.88. The van der Waals surface area contributed by atoms with Crippen molar-refractivity contribution >= 4 is 28.6 Å². The van der Waals surface area contributed by atoms with Crippen LogP contribution in [-0.2, 0) is 19.3 Å². The van der Waals surface area contributed by atoms with Crippen LogP contribution in [0.5, 0.6) is 0 Å². The zero-order chi connectivity index (χ0) is 22.9. The fraction of sp³-hybridized carbons (Fsp3) is 0.238. The summed E-state index contributed by atoms with van der Waals surface area (Å²) in [4.78, 5) is 27.7. The minimum atomic E-state index is -4.39. The molecule has 4 rings (SSSR count). The van der Waals surface area contributed by atoms with E-state index in [1.165, 1.54) is 6.07 Å². The van der Waals surface area contributed by atoms with Crippen LogP contribution in [-0.4, -0.2) is 24.5 Å². The highest BCUT2D eigenvalue weighted by atomic mass is 35.5. The van der Waals surface area contributed by atoms with Crippen LogP contribution in [0.3, 0.4) is 0 Å². The maximum atomic E-state index is 12.9. The Morgan fingerprint density at radius 2 is 2.00 bits per heavy atom. The Hall–Kier alpha value is -3.40. The number of imidazole rings is 1. The molecule has 2 N–H and O–H groups in total. The van der Waals surface area contributed by atoms with Gasteiger partial charge >= 0.3 is 6.18 Å². The van der Waals surface area contributed by atoms with Crippen molar-refractivity contribution in [2.24, 2.45) is 0 Å². The molecule has 3 aromatic heterocycles. The molecule has 0 atom stereocenters. The van der Waals surface area contributed by atoms with Gasteiger partial charge in [-0.3, -0.25) is 9.78 Å². The van der Waals surface area contributed by atoms with Crippen molar-refractivity contribution in [1.29, 1.82) is 0 Å². The number of benzene rings is 1. The van der Waals surface area contributed by atoms with E-state index in [0.29, 0.717) is 34.8 Å². The number of rotatable bonds is 6. The molecule has 32 heavy (non-hydrogen) atoms. The lowest BCUT2D eigenvalue weighted by Gasteiger charge is -2.10. The molecule has 0 aliphatic heterocycles. The predicted molar refractivity (Wildman–Crippen MR) is 115 cm³/mol. The largest absolute Gasteiger partial charge is 0.416 e. The molecule has 4 aromatic rings. The van der Waals surface area contributed by atoms with Gasteiger partial charge in [0.15, 0.2) is 11.2 Å². The summed E-state index contributed by atoms with van der Waals surface area (Å²) in [7, 11) is 0. The third-order valence-electron chi connectivity index (χ3n) is 4.78. The van der Waals surface area contributed by atoms with Crippen LogP contribution in [0.15, 0.2) is 47.4 Å². The first-order valence-electron chi connectivity index (χ1n) is 9.78. The van der Waals surface area contributed by atoms with Gasteiger partial charge in [0, 0.05) is 24.8 Å². The van der Waals surface area contributed by atoms with Crippen molar-refractivity contribution in [3.8, 4) is 11.4 Å². The molecule has 0 saturated carbocycles. The molecular formula is C21H18ClF3N6O. The molecule has 1 aromatic carbocycles. The molecule has 0 aliphatic carbocycles. The van der Waals surface area contributed by atoms with E-state index in [1.54, 1.807) is 29.0 Å². The number of H-pyrrole nitrogens is 1. The lowest BCUT2D eigenvalue weighted by molar-refractivity contribution is -0.137. The van der Waals surface area contributed by atoms with E-state index in [9.17, 15) is 18.0 Å². The summed E-state index contributed by atoms with van der Waals surface area (Å²) >= 11 is 5.85. The lowest BCUT2D eigenvalue weighted by atomic mass is 10.1. The second-order valence-electron chi connectivity index (χ2n) is 7.10. The summed E-state index contributed by atoms with van der Waals surface area (Å²) in [6, 6.07) is 8.58. The smallest absolute Gasteiger partial charge is 0.366 e. The highest BCUT2D eigenvalue weighted by Crippen LogP contribution is 2.29. The van der Waals surface area contributed by atoms with Gasteiger partial charge in [-0.1, -0.05) is 19.1 Å². The van der Waals surface area contributed by atoms with Gasteiger partial charge in [-0.05, 0) is 47.9 Å². The summed E-state index contributed by atoms with van der Waals surface area (Å²) < 4.78 is 40.4. The van der Waals surface area contributed by atoms with Gasteiger partial charge in [-0.25, -0.2) is 9.97 Å². The SMILES string of the molecule is CCCn1c(-c2ccc(NCc3cccc(C(F)(F)F)c3)nc2)nc2nc(Cl)[nH]c(=O)c21. The number of hydrogen-bond acceptors (Lipinski definition) is 5. The first-order valence-corrected chi connectivity index (χ1v) is 10.2. The van der Waals surface area contributed by atoms with Crippen LogP contribution < -0.4 is 10.9 Å². The number of fused-ring (bicyclic) bond motifs is 1. The normalized spacial score (nSPS) is 11.8. The predicted octanol–water partition coefficient (Wildman–Crippen LogP) is 4.88. The van der Waals surface area contributed by atoms with Crippen molar-refractivity contribution in [2.75, 3.05) is 5.32 Å². The summed E-state index contributed by atoms with van der Waals surface area (Å²) in [5.74, 6) is 1.02. The standard InChI is InChI=1S/C21H18ClF3N6O/c1-2-8-31-16-17(29-20(22)30-19(16)32)28-18(31)13-6-7-15(27-11-13)26-10-12-4-3-5-14(9-12)21(23,24)25/h3-7,9,11H,2,8,10H2,1H3,(H,26,27)(H,29,30,32). The second kappa shape index (κ2) is 8.62. The van der Waals surface area contributed by atoms with Crippen LogP contribution in [0.25, 0.3) is 22.6 Å². The number of anilines is 1. The number of alkyl halides is 3. The third kappa shape index (κ3) is 4.45. The summed E-state index contributed by atoms with van der Waals surface area (Å²) in [6.45, 7) is 2.71. The van der Waals surface area contributed by atoms with Gasteiger partial charge in [0.2, 0.25) is 5.28 Å². The fourth-order valence-corrected chi connectivity index (χ4v) is 3.52. The number of nitrogens with one attached hydrogen (secondary N) is 2. The molecule has 0 saturated heterocycles. The maximum absolute atomic E-state index is 12.9. The first kappa shape index (κ1) is 21.8. The molecule has 0 radical (unpaired) electrons. The van der Waals surface area contributed by atoms with E-state index in [4.69, 9.17) is 11.6 Å². The Balaban J connectivity index is 1.58. The van der Waals surface area contributed by atoms with Gasteiger partial charge in [0.25, 0.3) is 5.56 Å². The molecule has 0 spiro atoms. The van der Waals surface area contributed by atoms with Crippen LogP contribution in [0.1, 0.15) is 24.5 Å². The molecule has 0 fully saturated rings. The Labute approximate surface area is 185 Å². The van der Waals surface area contributed by atoms with Crippen molar-refractivity contribution < 1.29 is 13.2 Å². The second-order valence-corrected chi connectivity index (χ2v) is 7.46. The van der Waals surface area contributed by atoms with E-state index < -0.39 is 11.7 Å². The molecular weight excluding hydrogens is 445 g/mol. The van der Waals surface area contributed by atoms with Gasteiger partial charge in [-0.2, -0.15) is 18.2 Å². The summed E-state index contributed by atoms with van der Waals surface area (Å²) in [5.41, 5.74) is 0.652. The molecule has 0 aliphatic rings. The molecule has 0 amide bonds. The highest BCUT2D eigenvalue weighted by Gasteiger charge is 2.30. The van der Waals surface area contributed by atoms with E-state index in [2.05, 4.69) is 25.3 Å². The van der Waals surface area contributed by atoms with E-state index in [1.807, 2.05) is 6.92 Å². The maximum Gasteiger partial charge on any atom is 0.416 e. The number of halogens is 4. The van der Waals surface area contributed by atoms with Crippen molar-refractivity contribution in [3.05, 3.63) is 69.4 Å². The van der Waals surface area contributed by atoms with E-state index in [-0.39, 0.29) is 23.0 Å². The number of hydrogen-bond donors (Lipinski definition) is 2. The monoisotopic (exact) mass is 462 g/mol. The molecule has 7 nitrogen and oxygen atoms in total. The molecule has 166 valence electrons. The highest BCUT2D eigenvalue weighted by molar-refractivity contribution is 6.28. The van der Waals surface area contributed by atoms with Crippen LogP contribution in [0, 0.1) is 0 Å². The zero-order valence-corrected chi connectivity index (χ0v) is 17.6. The summed E-state index contributed by atoms with van der Waals surface area (Å²) in [6.07, 6.45) is -2.04. The van der Waals surface area contributed by atoms with Gasteiger partial charge in [-0.15, -0.1) is 0 Å². The van der Waals surface area contributed by atoms with Crippen molar-refractivity contribution in [1.82, 2.24) is 24.5 Å². The minimum Gasteiger partial charge on any atom is -0.366 e. The van der Waals surface area contributed by atoms with Gasteiger partial charge < -0.3 is 9.88 Å². The Bertz CT molecular complexity index is 1310. The Morgan fingerprint density at radius 1 is 1.19 bits per heavy atom. The summed E-state index contributed by atoms with van der Waals surface area (Å²) in [5, 5.41) is 2.97. The molecule has 11 heteroatoms. The van der Waals surface area contributed by atoms with Gasteiger partial charge in [0.1, 0.15) is 11.6 Å². The average molecular weight is 463 g/mol. The van der Waals surface area contributed by atoms with E-state index in [0.717, 1.165) is 18.6 Å². The topological polar surface area (TPSA) is 88.5 Å². The molecule has 0 bridgehead atoms. The average Bonchev–Trinajstić information content (AvgIpc) is 3.11. The van der Waals surface area contributed by atoms with Crippen molar-refractivity contribution in [3.63, 3.8) is 0 Å². The van der Waals surface area contributed by atoms with Crippen LogP contribution in [0.4, 0.5) is 19.0 Å². The lowest BCUT2D eigenvalue weighted by Crippen LogP contribution is -2.13. The van der Waals surface area contributed by atoms with Crippen molar-refractivity contribution in [2.45, 2.75) is 32.6 Å². The molecule has 0 unspecified atom stereocenters. The fourth-order valence-electron chi connectivity index (χ4n) is 3.36. The van der Waals surface area contributed by atoms with Crippen LogP contribution >= 0.6 is 11.6 Å². The number of nitrogens with zero attached hydrogens (tertiary/aromatic N) is 4. The van der Waals surface area contributed by atoms with Gasteiger partial charge in [0.05, 0.1) is 5.56 Å². The quantitative estimate of drug-likeness (QED) is 0.399. The number of pyridine rings is 1. The zero-order valence-electron chi connectivity index (χ0n) is 16.9. The first-order chi connectivity index (χ1) is 15.3. The number of aryl methyl sites for hydroxylation is 1. The van der Waals surface area contributed by atoms with Crippen LogP contribution in [0.2, 0.25) is 5.28 Å². The third-order valence-corrected chi connectivity index (χ3v) is 4.96. The Morgan fingerprint density at radius 3 is 2.69 bits per heavy atom. The molecule has 3 heterocycles.